The van der Waals surface area contributed by atoms with Crippen LogP contribution in [0.2, 0.25) is 0 Å². The fraction of sp³-hybridized carbons (Fsp3) is 0.286. The monoisotopic (exact) mass is 537 g/mol. The number of hydrogen-bond donors (Lipinski definition) is 1. The van der Waals surface area contributed by atoms with Crippen molar-refractivity contribution in [3.05, 3.63) is 83.9 Å². The molecule has 1 N–H and O–H groups in total. The third-order valence-corrected chi connectivity index (χ3v) is 8.26. The van der Waals surface area contributed by atoms with Gasteiger partial charge in [0.15, 0.2) is 6.10 Å². The van der Waals surface area contributed by atoms with Crippen LogP contribution in [-0.2, 0) is 26.2 Å². The molecule has 0 unspecified atom stereocenters. The fourth-order valence-electron chi connectivity index (χ4n) is 4.27. The van der Waals surface area contributed by atoms with Gasteiger partial charge in [-0.25, -0.2) is 8.42 Å². The Morgan fingerprint density at radius 2 is 1.79 bits per heavy atom. The van der Waals surface area contributed by atoms with E-state index in [0.717, 1.165) is 9.87 Å². The number of fused-ring (bicyclic) bond motifs is 1. The average Bonchev–Trinajstić information content (AvgIpc) is 2.94. The minimum atomic E-state index is -3.96. The molecule has 0 saturated carbocycles. The standard InChI is InChI=1S/C28H31N3O6S/c1-4-30(38(34,35)22-14-15-24(36-3)20(2)16-22)19-27(32)31-18-26(37-25-13-9-8-12-23(25)31)28(33)29-17-21-10-6-5-7-11-21/h5-16,26H,4,17-19H2,1-3H3,(H,29,33)/t26-/m1/s1. The third-order valence-electron chi connectivity index (χ3n) is 6.35. The summed E-state index contributed by atoms with van der Waals surface area (Å²) in [5, 5.41) is 2.85. The van der Waals surface area contributed by atoms with Crippen molar-refractivity contribution < 1.29 is 27.5 Å². The molecule has 0 saturated heterocycles. The average molecular weight is 538 g/mol. The SMILES string of the molecule is CCN(CC(=O)N1C[C@H](C(=O)NCc2ccccc2)Oc2ccccc21)S(=O)(=O)c1ccc(OC)c(C)c1. The van der Waals surface area contributed by atoms with Crippen molar-refractivity contribution >= 4 is 27.5 Å². The summed E-state index contributed by atoms with van der Waals surface area (Å²) in [6.45, 7) is 3.40. The number of benzene rings is 3. The van der Waals surface area contributed by atoms with E-state index < -0.39 is 28.6 Å². The minimum absolute atomic E-state index is 0.0459. The summed E-state index contributed by atoms with van der Waals surface area (Å²) in [4.78, 5) is 28.0. The highest BCUT2D eigenvalue weighted by molar-refractivity contribution is 7.89. The van der Waals surface area contributed by atoms with Gasteiger partial charge in [0.2, 0.25) is 15.9 Å². The molecule has 10 heteroatoms. The van der Waals surface area contributed by atoms with E-state index in [0.29, 0.717) is 29.3 Å². The van der Waals surface area contributed by atoms with Crippen LogP contribution in [-0.4, -0.2) is 57.4 Å². The first-order chi connectivity index (χ1) is 18.2. The topological polar surface area (TPSA) is 105 Å². The largest absolute Gasteiger partial charge is 0.496 e. The number of likely N-dealkylation sites (N-methyl/N-ethyl adjacent to an activating group) is 1. The summed E-state index contributed by atoms with van der Waals surface area (Å²) >= 11 is 0. The molecule has 38 heavy (non-hydrogen) atoms. The molecule has 1 aliphatic heterocycles. The number of hydrogen-bond acceptors (Lipinski definition) is 6. The summed E-state index contributed by atoms with van der Waals surface area (Å²) in [5.41, 5.74) is 2.09. The van der Waals surface area contributed by atoms with Gasteiger partial charge in [0.25, 0.3) is 5.91 Å². The third kappa shape index (κ3) is 5.81. The van der Waals surface area contributed by atoms with Gasteiger partial charge in [-0.1, -0.05) is 49.4 Å². The van der Waals surface area contributed by atoms with Gasteiger partial charge in [0.1, 0.15) is 11.5 Å². The number of carbonyl (C=O) groups is 2. The summed E-state index contributed by atoms with van der Waals surface area (Å²) in [6, 6.07) is 20.9. The second kappa shape index (κ2) is 11.7. The number of anilines is 1. The Balaban J connectivity index is 1.53. The van der Waals surface area contributed by atoms with E-state index in [4.69, 9.17) is 9.47 Å². The first-order valence-corrected chi connectivity index (χ1v) is 13.7. The molecular formula is C28H31N3O6S. The highest BCUT2D eigenvalue weighted by Gasteiger charge is 2.35. The van der Waals surface area contributed by atoms with Crippen LogP contribution in [0.25, 0.3) is 0 Å². The van der Waals surface area contributed by atoms with Crippen molar-refractivity contribution in [2.75, 3.05) is 31.6 Å². The van der Waals surface area contributed by atoms with Gasteiger partial charge in [-0.15, -0.1) is 0 Å². The molecule has 0 aliphatic carbocycles. The van der Waals surface area contributed by atoms with Crippen LogP contribution in [0.15, 0.2) is 77.7 Å². The quantitative estimate of drug-likeness (QED) is 0.450. The Hall–Kier alpha value is -3.89. The van der Waals surface area contributed by atoms with E-state index in [1.165, 1.54) is 24.1 Å². The van der Waals surface area contributed by atoms with Crippen LogP contribution in [0.1, 0.15) is 18.1 Å². The lowest BCUT2D eigenvalue weighted by molar-refractivity contribution is -0.128. The Morgan fingerprint density at radius 1 is 1.08 bits per heavy atom. The maximum atomic E-state index is 13.5. The number of para-hydroxylation sites is 2. The number of rotatable bonds is 9. The summed E-state index contributed by atoms with van der Waals surface area (Å²) in [6.07, 6.45) is -0.950. The molecule has 9 nitrogen and oxygen atoms in total. The Labute approximate surface area is 223 Å². The smallest absolute Gasteiger partial charge is 0.263 e. The molecule has 0 bridgehead atoms. The van der Waals surface area contributed by atoms with Crippen LogP contribution in [0.4, 0.5) is 5.69 Å². The van der Waals surface area contributed by atoms with Crippen LogP contribution in [0, 0.1) is 6.92 Å². The van der Waals surface area contributed by atoms with E-state index in [2.05, 4.69) is 5.32 Å². The number of methoxy groups -OCH3 is 1. The van der Waals surface area contributed by atoms with Crippen molar-refractivity contribution in [1.29, 1.82) is 0 Å². The number of sulfonamides is 1. The fourth-order valence-corrected chi connectivity index (χ4v) is 5.75. The van der Waals surface area contributed by atoms with Crippen LogP contribution in [0.5, 0.6) is 11.5 Å². The summed E-state index contributed by atoms with van der Waals surface area (Å²) in [5.74, 6) is 0.125. The zero-order valence-corrected chi connectivity index (χ0v) is 22.4. The lowest BCUT2D eigenvalue weighted by Crippen LogP contribution is -2.53. The van der Waals surface area contributed by atoms with Gasteiger partial charge in [-0.05, 0) is 48.4 Å². The van der Waals surface area contributed by atoms with Crippen molar-refractivity contribution in [2.45, 2.75) is 31.4 Å². The maximum absolute atomic E-state index is 13.5. The number of aryl methyl sites for hydroxylation is 1. The molecule has 200 valence electrons. The number of ether oxygens (including phenoxy) is 2. The van der Waals surface area contributed by atoms with Crippen molar-refractivity contribution in [2.24, 2.45) is 0 Å². The second-order valence-corrected chi connectivity index (χ2v) is 10.8. The van der Waals surface area contributed by atoms with Gasteiger partial charge in [0.05, 0.1) is 30.8 Å². The van der Waals surface area contributed by atoms with E-state index in [1.54, 1.807) is 44.2 Å². The lowest BCUT2D eigenvalue weighted by atomic mass is 10.1. The Kier molecular flexibility index (Phi) is 8.33. The highest BCUT2D eigenvalue weighted by Crippen LogP contribution is 2.33. The molecule has 1 aliphatic rings. The predicted molar refractivity (Wildman–Crippen MR) is 144 cm³/mol. The second-order valence-electron chi connectivity index (χ2n) is 8.84. The number of nitrogens with one attached hydrogen (secondary N) is 1. The molecule has 0 aromatic heterocycles. The molecule has 3 aromatic carbocycles. The van der Waals surface area contributed by atoms with E-state index in [-0.39, 0.29) is 23.9 Å². The van der Waals surface area contributed by atoms with Crippen molar-refractivity contribution in [1.82, 2.24) is 9.62 Å². The van der Waals surface area contributed by atoms with Crippen molar-refractivity contribution in [3.63, 3.8) is 0 Å². The maximum Gasteiger partial charge on any atom is 0.263 e. The lowest BCUT2D eigenvalue weighted by Gasteiger charge is -2.35. The first-order valence-electron chi connectivity index (χ1n) is 12.3. The Bertz CT molecular complexity index is 1410. The summed E-state index contributed by atoms with van der Waals surface area (Å²) in [7, 11) is -2.44. The zero-order valence-electron chi connectivity index (χ0n) is 21.6. The minimum Gasteiger partial charge on any atom is -0.496 e. The number of carbonyl (C=O) groups excluding carboxylic acids is 2. The molecule has 3 aromatic rings. The molecule has 1 heterocycles. The normalized spacial score (nSPS) is 14.9. The molecule has 0 spiro atoms. The Morgan fingerprint density at radius 3 is 2.47 bits per heavy atom. The van der Waals surface area contributed by atoms with Crippen LogP contribution >= 0.6 is 0 Å². The predicted octanol–water partition coefficient (Wildman–Crippen LogP) is 3.12. The number of nitrogens with zero attached hydrogens (tertiary/aromatic N) is 2. The van der Waals surface area contributed by atoms with E-state index in [1.807, 2.05) is 30.3 Å². The summed E-state index contributed by atoms with van der Waals surface area (Å²) < 4.78 is 39.1. The first kappa shape index (κ1) is 27.2. The van der Waals surface area contributed by atoms with Crippen LogP contribution in [0.3, 0.4) is 0 Å². The molecular weight excluding hydrogens is 506 g/mol. The number of amides is 2. The van der Waals surface area contributed by atoms with Gasteiger partial charge in [-0.3, -0.25) is 9.59 Å². The zero-order chi connectivity index (χ0) is 27.3. The van der Waals surface area contributed by atoms with Gasteiger partial charge < -0.3 is 19.7 Å². The van der Waals surface area contributed by atoms with E-state index in [9.17, 15) is 18.0 Å². The molecule has 4 rings (SSSR count). The highest BCUT2D eigenvalue weighted by atomic mass is 32.2. The van der Waals surface area contributed by atoms with E-state index >= 15 is 0 Å². The molecule has 2 amide bonds. The van der Waals surface area contributed by atoms with Crippen LogP contribution < -0.4 is 19.7 Å². The molecule has 0 fully saturated rings. The van der Waals surface area contributed by atoms with Gasteiger partial charge >= 0.3 is 0 Å². The van der Waals surface area contributed by atoms with Gasteiger partial charge in [-0.2, -0.15) is 4.31 Å². The molecule has 0 radical (unpaired) electrons. The van der Waals surface area contributed by atoms with Crippen molar-refractivity contribution in [3.8, 4) is 11.5 Å². The molecule has 1 atom stereocenters. The van der Waals surface area contributed by atoms with Gasteiger partial charge in [0, 0.05) is 13.1 Å².